The lowest BCUT2D eigenvalue weighted by molar-refractivity contribution is 0.253. The highest BCUT2D eigenvalue weighted by Crippen LogP contribution is 2.24. The maximum Gasteiger partial charge on any atom is 0.346 e. The van der Waals surface area contributed by atoms with E-state index in [2.05, 4.69) is 26.2 Å². The van der Waals surface area contributed by atoms with Gasteiger partial charge in [0.25, 0.3) is 0 Å². The third-order valence-electron chi connectivity index (χ3n) is 1.59. The van der Waals surface area contributed by atoms with Crippen molar-refractivity contribution in [3.63, 3.8) is 0 Å². The summed E-state index contributed by atoms with van der Waals surface area (Å²) in [6, 6.07) is -0.443. The first-order chi connectivity index (χ1) is 5.66. The zero-order valence-corrected chi connectivity index (χ0v) is 7.43. The summed E-state index contributed by atoms with van der Waals surface area (Å²) in [6.07, 6.45) is 2.81. The lowest BCUT2D eigenvalue weighted by Gasteiger charge is -2.09. The van der Waals surface area contributed by atoms with Gasteiger partial charge in [-0.2, -0.15) is 4.99 Å². The maximum atomic E-state index is 12.9. The van der Waals surface area contributed by atoms with E-state index in [1.54, 1.807) is 6.08 Å². The SMILES string of the molecule is O=C1N=C2C=C(F)C(Br)C=C2N1. The third kappa shape index (κ3) is 1.10. The molecule has 0 aromatic rings. The van der Waals surface area contributed by atoms with Gasteiger partial charge in [0.05, 0.1) is 16.2 Å². The first-order valence-corrected chi connectivity index (χ1v) is 4.21. The molecule has 2 amide bonds. The minimum absolute atomic E-state index is 0.339. The number of hydrogen-bond acceptors (Lipinski definition) is 1. The van der Waals surface area contributed by atoms with Crippen LogP contribution in [0, 0.1) is 0 Å². The molecular formula is C7H4BrFN2O. The van der Waals surface area contributed by atoms with Crippen LogP contribution in [0.4, 0.5) is 9.18 Å². The molecular weight excluding hydrogens is 227 g/mol. The van der Waals surface area contributed by atoms with Crippen LogP contribution in [0.2, 0.25) is 0 Å². The number of alkyl halides is 1. The van der Waals surface area contributed by atoms with Crippen molar-refractivity contribution in [3.05, 3.63) is 23.7 Å². The van der Waals surface area contributed by atoms with Crippen LogP contribution in [0.1, 0.15) is 0 Å². The van der Waals surface area contributed by atoms with E-state index in [0.717, 1.165) is 0 Å². The van der Waals surface area contributed by atoms with Crippen LogP contribution in [-0.2, 0) is 0 Å². The van der Waals surface area contributed by atoms with Gasteiger partial charge in [0.2, 0.25) is 0 Å². The van der Waals surface area contributed by atoms with E-state index in [1.165, 1.54) is 6.08 Å². The monoisotopic (exact) mass is 230 g/mol. The average molecular weight is 231 g/mol. The zero-order valence-electron chi connectivity index (χ0n) is 5.84. The first kappa shape index (κ1) is 7.67. The Balaban J connectivity index is 2.43. The van der Waals surface area contributed by atoms with Gasteiger partial charge in [0.1, 0.15) is 5.83 Å². The Morgan fingerprint density at radius 1 is 1.67 bits per heavy atom. The Labute approximate surface area is 76.2 Å². The topological polar surface area (TPSA) is 41.5 Å². The Kier molecular flexibility index (Phi) is 1.61. The fourth-order valence-corrected chi connectivity index (χ4v) is 1.45. The van der Waals surface area contributed by atoms with Gasteiger partial charge in [-0.05, 0) is 12.2 Å². The van der Waals surface area contributed by atoms with Gasteiger partial charge in [-0.25, -0.2) is 9.18 Å². The molecule has 0 saturated heterocycles. The van der Waals surface area contributed by atoms with E-state index >= 15 is 0 Å². The fraction of sp³-hybridized carbons (Fsp3) is 0.143. The fourth-order valence-electron chi connectivity index (χ4n) is 1.05. The van der Waals surface area contributed by atoms with Crippen molar-refractivity contribution >= 4 is 27.7 Å². The lowest BCUT2D eigenvalue weighted by Crippen LogP contribution is -2.18. The van der Waals surface area contributed by atoms with Gasteiger partial charge in [0.15, 0.2) is 0 Å². The molecule has 62 valence electrons. The van der Waals surface area contributed by atoms with Crippen molar-refractivity contribution < 1.29 is 9.18 Å². The average Bonchev–Trinajstić information content (AvgIpc) is 2.30. The molecule has 1 aliphatic heterocycles. The number of allylic oxidation sites excluding steroid dienone is 3. The van der Waals surface area contributed by atoms with Crippen molar-refractivity contribution in [2.24, 2.45) is 4.99 Å². The molecule has 0 fully saturated rings. The lowest BCUT2D eigenvalue weighted by atomic mass is 10.1. The summed E-state index contributed by atoms with van der Waals surface area (Å²) >= 11 is 3.08. The number of halogens is 2. The molecule has 0 saturated carbocycles. The summed E-state index contributed by atoms with van der Waals surface area (Å²) in [5.74, 6) is -0.339. The predicted molar refractivity (Wildman–Crippen MR) is 46.0 cm³/mol. The Hall–Kier alpha value is -0.970. The van der Waals surface area contributed by atoms with E-state index in [4.69, 9.17) is 0 Å². The zero-order chi connectivity index (χ0) is 8.72. The second-order valence-corrected chi connectivity index (χ2v) is 3.43. The summed E-state index contributed by atoms with van der Waals surface area (Å²) in [5.41, 5.74) is 0.941. The van der Waals surface area contributed by atoms with Crippen LogP contribution in [-0.4, -0.2) is 16.6 Å². The van der Waals surface area contributed by atoms with E-state index < -0.39 is 10.9 Å². The van der Waals surface area contributed by atoms with Crippen LogP contribution in [0.3, 0.4) is 0 Å². The molecule has 0 spiro atoms. The van der Waals surface area contributed by atoms with Crippen LogP contribution >= 0.6 is 15.9 Å². The Morgan fingerprint density at radius 2 is 2.42 bits per heavy atom. The van der Waals surface area contributed by atoms with Crippen molar-refractivity contribution in [1.82, 2.24) is 5.32 Å². The molecule has 1 heterocycles. The highest BCUT2D eigenvalue weighted by Gasteiger charge is 2.24. The van der Waals surface area contributed by atoms with Gasteiger partial charge < -0.3 is 5.32 Å². The van der Waals surface area contributed by atoms with Gasteiger partial charge in [-0.15, -0.1) is 0 Å². The maximum absolute atomic E-state index is 12.9. The number of fused-ring (bicyclic) bond motifs is 1. The molecule has 1 N–H and O–H groups in total. The van der Waals surface area contributed by atoms with Crippen LogP contribution < -0.4 is 5.32 Å². The standard InChI is InChI=1S/C7H4BrFN2O/c8-3-1-5-6(2-4(3)9)11-7(12)10-5/h1-3H,(H,10,12). The number of amides is 2. The van der Waals surface area contributed by atoms with E-state index in [-0.39, 0.29) is 5.83 Å². The quantitative estimate of drug-likeness (QED) is 0.633. The minimum Gasteiger partial charge on any atom is -0.304 e. The minimum atomic E-state index is -0.454. The summed E-state index contributed by atoms with van der Waals surface area (Å²) in [5, 5.41) is 2.48. The molecule has 0 bridgehead atoms. The van der Waals surface area contributed by atoms with Crippen molar-refractivity contribution in [2.75, 3.05) is 0 Å². The molecule has 3 nitrogen and oxygen atoms in total. The molecule has 2 aliphatic rings. The van der Waals surface area contributed by atoms with Gasteiger partial charge in [0, 0.05) is 0 Å². The molecule has 1 unspecified atom stereocenters. The van der Waals surface area contributed by atoms with Crippen LogP contribution in [0.5, 0.6) is 0 Å². The normalized spacial score (nSPS) is 27.0. The molecule has 2 rings (SSSR count). The summed E-state index contributed by atoms with van der Waals surface area (Å²) in [4.78, 5) is 13.8. The van der Waals surface area contributed by atoms with Crippen molar-refractivity contribution in [1.29, 1.82) is 0 Å². The van der Waals surface area contributed by atoms with Crippen molar-refractivity contribution in [2.45, 2.75) is 4.83 Å². The van der Waals surface area contributed by atoms with E-state index in [0.29, 0.717) is 11.4 Å². The number of rotatable bonds is 0. The molecule has 0 radical (unpaired) electrons. The summed E-state index contributed by atoms with van der Waals surface area (Å²) in [7, 11) is 0. The second-order valence-electron chi connectivity index (χ2n) is 2.44. The van der Waals surface area contributed by atoms with Crippen LogP contribution in [0.25, 0.3) is 0 Å². The Morgan fingerprint density at radius 3 is 3.17 bits per heavy atom. The summed E-state index contributed by atoms with van der Waals surface area (Å²) < 4.78 is 12.9. The number of hydrogen-bond donors (Lipinski definition) is 1. The molecule has 1 atom stereocenters. The molecule has 12 heavy (non-hydrogen) atoms. The number of aliphatic imine (C=N–C) groups is 1. The largest absolute Gasteiger partial charge is 0.346 e. The number of urea groups is 1. The number of carbonyl (C=O) groups is 1. The highest BCUT2D eigenvalue weighted by molar-refractivity contribution is 9.09. The molecule has 0 aromatic heterocycles. The highest BCUT2D eigenvalue weighted by atomic mass is 79.9. The van der Waals surface area contributed by atoms with Crippen LogP contribution in [0.15, 0.2) is 28.7 Å². The molecule has 5 heteroatoms. The van der Waals surface area contributed by atoms with Gasteiger partial charge in [-0.1, -0.05) is 15.9 Å². The second kappa shape index (κ2) is 2.52. The third-order valence-corrected chi connectivity index (χ3v) is 2.29. The molecule has 0 aromatic carbocycles. The number of carbonyl (C=O) groups excluding carboxylic acids is 1. The van der Waals surface area contributed by atoms with E-state index in [1.807, 2.05) is 0 Å². The predicted octanol–water partition coefficient (Wildman–Crippen LogP) is 1.67. The van der Waals surface area contributed by atoms with E-state index in [9.17, 15) is 9.18 Å². The van der Waals surface area contributed by atoms with Crippen molar-refractivity contribution in [3.8, 4) is 0 Å². The first-order valence-electron chi connectivity index (χ1n) is 3.30. The number of nitrogens with zero attached hydrogens (tertiary/aromatic N) is 1. The number of nitrogens with one attached hydrogen (secondary N) is 1. The molecule has 1 aliphatic carbocycles. The van der Waals surface area contributed by atoms with Gasteiger partial charge in [-0.3, -0.25) is 0 Å². The van der Waals surface area contributed by atoms with Gasteiger partial charge >= 0.3 is 6.03 Å². The summed E-state index contributed by atoms with van der Waals surface area (Å²) in [6.45, 7) is 0. The smallest absolute Gasteiger partial charge is 0.304 e. The Bertz CT molecular complexity index is 345.